The molecule has 1 unspecified atom stereocenters. The van der Waals surface area contributed by atoms with Crippen LogP contribution in [0.3, 0.4) is 0 Å². The van der Waals surface area contributed by atoms with Gasteiger partial charge in [-0.25, -0.2) is 0 Å². The van der Waals surface area contributed by atoms with Crippen molar-refractivity contribution in [3.8, 4) is 6.07 Å². The van der Waals surface area contributed by atoms with Crippen molar-refractivity contribution in [1.82, 2.24) is 4.90 Å². The van der Waals surface area contributed by atoms with E-state index in [0.29, 0.717) is 24.2 Å². The molecular weight excluding hydrogens is 398 g/mol. The summed E-state index contributed by atoms with van der Waals surface area (Å²) in [7, 11) is 1.37. The number of rotatable bonds is 5. The van der Waals surface area contributed by atoms with E-state index in [1.54, 1.807) is 6.92 Å². The first-order valence-electron chi connectivity index (χ1n) is 9.91. The predicted molar refractivity (Wildman–Crippen MR) is 118 cm³/mol. The second kappa shape index (κ2) is 10.2. The fourth-order valence-corrected chi connectivity index (χ4v) is 4.46. The van der Waals surface area contributed by atoms with E-state index >= 15 is 0 Å². The van der Waals surface area contributed by atoms with Crippen molar-refractivity contribution in [3.05, 3.63) is 59.7 Å². The minimum atomic E-state index is -0.389. The summed E-state index contributed by atoms with van der Waals surface area (Å²) in [6.07, 6.45) is 0.861. The SMILES string of the molecule is COC(=O)C(C)Sc1ccccc1C(=O)N1CCCN(c2ccc(C#N)cc2)CC1. The van der Waals surface area contributed by atoms with Crippen molar-refractivity contribution in [2.24, 2.45) is 0 Å². The number of thioether (sulfide) groups is 1. The van der Waals surface area contributed by atoms with Gasteiger partial charge in [-0.3, -0.25) is 9.59 Å². The first kappa shape index (κ1) is 21.7. The van der Waals surface area contributed by atoms with Gasteiger partial charge in [0.15, 0.2) is 0 Å². The number of carbonyl (C=O) groups excluding carboxylic acids is 2. The number of esters is 1. The van der Waals surface area contributed by atoms with Crippen LogP contribution in [0, 0.1) is 11.3 Å². The molecule has 6 nitrogen and oxygen atoms in total. The number of anilines is 1. The van der Waals surface area contributed by atoms with E-state index in [1.165, 1.54) is 18.9 Å². The van der Waals surface area contributed by atoms with Gasteiger partial charge in [0.2, 0.25) is 0 Å². The van der Waals surface area contributed by atoms with Crippen LogP contribution in [0.5, 0.6) is 0 Å². The van der Waals surface area contributed by atoms with Gasteiger partial charge in [0, 0.05) is 36.8 Å². The van der Waals surface area contributed by atoms with Gasteiger partial charge in [-0.2, -0.15) is 5.26 Å². The van der Waals surface area contributed by atoms with Crippen LogP contribution in [0.25, 0.3) is 0 Å². The Labute approximate surface area is 181 Å². The Morgan fingerprint density at radius 2 is 1.80 bits per heavy atom. The Morgan fingerprint density at radius 1 is 1.07 bits per heavy atom. The minimum Gasteiger partial charge on any atom is -0.468 e. The van der Waals surface area contributed by atoms with Crippen molar-refractivity contribution in [2.75, 3.05) is 38.2 Å². The van der Waals surface area contributed by atoms with E-state index in [-0.39, 0.29) is 17.1 Å². The third-order valence-electron chi connectivity index (χ3n) is 5.10. The van der Waals surface area contributed by atoms with Gasteiger partial charge in [0.25, 0.3) is 5.91 Å². The van der Waals surface area contributed by atoms with Gasteiger partial charge in [-0.1, -0.05) is 12.1 Å². The maximum atomic E-state index is 13.3. The number of ether oxygens (including phenoxy) is 1. The molecule has 0 N–H and O–H groups in total. The van der Waals surface area contributed by atoms with Crippen molar-refractivity contribution in [1.29, 1.82) is 5.26 Å². The van der Waals surface area contributed by atoms with Crippen molar-refractivity contribution < 1.29 is 14.3 Å². The fourth-order valence-electron chi connectivity index (χ4n) is 3.45. The third-order valence-corrected chi connectivity index (χ3v) is 6.25. The van der Waals surface area contributed by atoms with Crippen LogP contribution >= 0.6 is 11.8 Å². The molecule has 1 atom stereocenters. The Morgan fingerprint density at radius 3 is 2.50 bits per heavy atom. The Bertz CT molecular complexity index is 939. The standard InChI is InChI=1S/C23H25N3O3S/c1-17(23(28)29-2)30-21-7-4-3-6-20(21)22(27)26-13-5-12-25(14-15-26)19-10-8-18(16-24)9-11-19/h3-4,6-11,17H,5,12-15H2,1-2H3. The van der Waals surface area contributed by atoms with Crippen molar-refractivity contribution in [2.45, 2.75) is 23.5 Å². The highest BCUT2D eigenvalue weighted by molar-refractivity contribution is 8.00. The average molecular weight is 424 g/mol. The first-order valence-corrected chi connectivity index (χ1v) is 10.8. The highest BCUT2D eigenvalue weighted by Crippen LogP contribution is 2.29. The molecule has 7 heteroatoms. The largest absolute Gasteiger partial charge is 0.468 e. The summed E-state index contributed by atoms with van der Waals surface area (Å²) in [5.74, 6) is -0.327. The molecule has 3 rings (SSSR count). The number of carbonyl (C=O) groups is 2. The van der Waals surface area contributed by atoms with E-state index in [0.717, 1.165) is 30.1 Å². The lowest BCUT2D eigenvalue weighted by Crippen LogP contribution is -2.35. The lowest BCUT2D eigenvalue weighted by Gasteiger charge is -2.24. The maximum Gasteiger partial charge on any atom is 0.318 e. The second-order valence-corrected chi connectivity index (χ2v) is 8.45. The summed E-state index contributed by atoms with van der Waals surface area (Å²) < 4.78 is 4.81. The summed E-state index contributed by atoms with van der Waals surface area (Å²) in [4.78, 5) is 30.0. The van der Waals surface area contributed by atoms with Gasteiger partial charge in [-0.15, -0.1) is 11.8 Å². The van der Waals surface area contributed by atoms with Crippen LogP contribution in [0.2, 0.25) is 0 Å². The number of nitrogens with zero attached hydrogens (tertiary/aromatic N) is 3. The molecule has 1 aliphatic heterocycles. The number of amides is 1. The third kappa shape index (κ3) is 5.14. The molecule has 1 aliphatic rings. The molecule has 0 aliphatic carbocycles. The van der Waals surface area contributed by atoms with Crippen molar-refractivity contribution >= 4 is 29.3 Å². The van der Waals surface area contributed by atoms with Crippen LogP contribution in [0.1, 0.15) is 29.3 Å². The maximum absolute atomic E-state index is 13.3. The number of methoxy groups -OCH3 is 1. The molecule has 1 heterocycles. The smallest absolute Gasteiger partial charge is 0.318 e. The highest BCUT2D eigenvalue weighted by atomic mass is 32.2. The zero-order chi connectivity index (χ0) is 21.5. The molecule has 0 saturated carbocycles. The van der Waals surface area contributed by atoms with E-state index < -0.39 is 0 Å². The number of benzene rings is 2. The predicted octanol–water partition coefficient (Wildman–Crippen LogP) is 3.56. The molecule has 30 heavy (non-hydrogen) atoms. The number of nitriles is 1. The molecule has 2 aromatic rings. The molecule has 1 saturated heterocycles. The van der Waals surface area contributed by atoms with Gasteiger partial charge < -0.3 is 14.5 Å². The number of hydrogen-bond acceptors (Lipinski definition) is 6. The van der Waals surface area contributed by atoms with Crippen LogP contribution in [-0.4, -0.2) is 55.3 Å². The summed E-state index contributed by atoms with van der Waals surface area (Å²) in [5.41, 5.74) is 2.32. The lowest BCUT2D eigenvalue weighted by molar-refractivity contribution is -0.139. The molecule has 0 aromatic heterocycles. The van der Waals surface area contributed by atoms with Crippen LogP contribution in [0.15, 0.2) is 53.4 Å². The van der Waals surface area contributed by atoms with E-state index in [4.69, 9.17) is 10.00 Å². The Hall–Kier alpha value is -2.98. The van der Waals surface area contributed by atoms with Crippen LogP contribution < -0.4 is 4.90 Å². The topological polar surface area (TPSA) is 73.6 Å². The van der Waals surface area contributed by atoms with Crippen LogP contribution in [0.4, 0.5) is 5.69 Å². The normalized spacial score (nSPS) is 15.1. The second-order valence-electron chi connectivity index (χ2n) is 7.07. The van der Waals surface area contributed by atoms with E-state index in [1.807, 2.05) is 53.4 Å². The van der Waals surface area contributed by atoms with Gasteiger partial charge >= 0.3 is 5.97 Å². The molecule has 0 radical (unpaired) electrons. The highest BCUT2D eigenvalue weighted by Gasteiger charge is 2.24. The summed E-state index contributed by atoms with van der Waals surface area (Å²) in [6, 6.07) is 17.1. The minimum absolute atomic E-state index is 0.0168. The average Bonchev–Trinajstić information content (AvgIpc) is 3.05. The Balaban J connectivity index is 1.70. The van der Waals surface area contributed by atoms with Gasteiger partial charge in [0.1, 0.15) is 5.25 Å². The zero-order valence-corrected chi connectivity index (χ0v) is 18.0. The van der Waals surface area contributed by atoms with E-state index in [9.17, 15) is 9.59 Å². The lowest BCUT2D eigenvalue weighted by atomic mass is 10.2. The molecular formula is C23H25N3O3S. The fraction of sp³-hybridized carbons (Fsp3) is 0.348. The van der Waals surface area contributed by atoms with Gasteiger partial charge in [0.05, 0.1) is 24.3 Å². The van der Waals surface area contributed by atoms with Gasteiger partial charge in [-0.05, 0) is 49.7 Å². The van der Waals surface area contributed by atoms with Crippen LogP contribution in [-0.2, 0) is 9.53 Å². The zero-order valence-electron chi connectivity index (χ0n) is 17.2. The molecule has 2 aromatic carbocycles. The van der Waals surface area contributed by atoms with E-state index in [2.05, 4.69) is 11.0 Å². The molecule has 0 bridgehead atoms. The molecule has 0 spiro atoms. The first-order chi connectivity index (χ1) is 14.5. The quantitative estimate of drug-likeness (QED) is 0.541. The molecule has 156 valence electrons. The molecule has 1 amide bonds. The van der Waals surface area contributed by atoms with Crippen molar-refractivity contribution in [3.63, 3.8) is 0 Å². The summed E-state index contributed by atoms with van der Waals surface area (Å²) >= 11 is 1.34. The summed E-state index contributed by atoms with van der Waals surface area (Å²) in [6.45, 7) is 4.65. The number of hydrogen-bond donors (Lipinski definition) is 0. The monoisotopic (exact) mass is 423 g/mol. The summed E-state index contributed by atoms with van der Waals surface area (Å²) in [5, 5.41) is 8.59. The Kier molecular flexibility index (Phi) is 7.36. The molecule has 1 fully saturated rings.